The summed E-state index contributed by atoms with van der Waals surface area (Å²) >= 11 is 3.09. The molecule has 0 aliphatic rings. The zero-order valence-corrected chi connectivity index (χ0v) is 16.1. The normalized spacial score (nSPS) is 12.0. The van der Waals surface area contributed by atoms with Gasteiger partial charge in [-0.15, -0.1) is 11.3 Å². The van der Waals surface area contributed by atoms with E-state index < -0.39 is 0 Å². The molecule has 25 heavy (non-hydrogen) atoms. The summed E-state index contributed by atoms with van der Waals surface area (Å²) < 4.78 is 0.902. The van der Waals surface area contributed by atoms with E-state index in [1.165, 1.54) is 17.3 Å². The highest BCUT2D eigenvalue weighted by molar-refractivity contribution is 8.01. The van der Waals surface area contributed by atoms with Crippen LogP contribution in [0.4, 0.5) is 0 Å². The van der Waals surface area contributed by atoms with E-state index in [0.717, 1.165) is 21.2 Å². The van der Waals surface area contributed by atoms with Crippen molar-refractivity contribution in [2.75, 3.05) is 14.1 Å². The van der Waals surface area contributed by atoms with E-state index in [2.05, 4.69) is 36.6 Å². The van der Waals surface area contributed by atoms with Crippen LogP contribution in [0.1, 0.15) is 16.4 Å². The molecule has 2 aromatic carbocycles. The Morgan fingerprint density at radius 3 is 2.40 bits per heavy atom. The Hall–Kier alpha value is -2.11. The topological polar surface area (TPSA) is 33.2 Å². The van der Waals surface area contributed by atoms with Crippen LogP contribution in [-0.4, -0.2) is 29.9 Å². The fourth-order valence-corrected chi connectivity index (χ4v) is 4.56. The van der Waals surface area contributed by atoms with Gasteiger partial charge in [0.15, 0.2) is 4.34 Å². The molecule has 0 fully saturated rings. The van der Waals surface area contributed by atoms with Crippen molar-refractivity contribution in [1.82, 2.24) is 9.88 Å². The lowest BCUT2D eigenvalue weighted by molar-refractivity contribution is -0.128. The van der Waals surface area contributed by atoms with Gasteiger partial charge in [-0.3, -0.25) is 4.79 Å². The van der Waals surface area contributed by atoms with Crippen LogP contribution in [0.25, 0.3) is 11.3 Å². The molecule has 0 unspecified atom stereocenters. The lowest BCUT2D eigenvalue weighted by Gasteiger charge is -2.19. The highest BCUT2D eigenvalue weighted by Crippen LogP contribution is 2.39. The minimum Gasteiger partial charge on any atom is -0.348 e. The molecule has 1 aromatic heterocycles. The van der Waals surface area contributed by atoms with Gasteiger partial charge in [-0.1, -0.05) is 71.9 Å². The quantitative estimate of drug-likeness (QED) is 0.592. The summed E-state index contributed by atoms with van der Waals surface area (Å²) in [4.78, 5) is 19.0. The molecule has 0 saturated heterocycles. The van der Waals surface area contributed by atoms with Crippen LogP contribution >= 0.6 is 23.1 Å². The first kappa shape index (κ1) is 17.7. The number of hydrogen-bond donors (Lipinski definition) is 0. The molecule has 128 valence electrons. The monoisotopic (exact) mass is 368 g/mol. The lowest BCUT2D eigenvalue weighted by Crippen LogP contribution is -2.26. The first-order chi connectivity index (χ1) is 12.0. The number of carbonyl (C=O) groups excluding carboxylic acids is 1. The van der Waals surface area contributed by atoms with Gasteiger partial charge in [0.25, 0.3) is 0 Å². The minimum atomic E-state index is -0.284. The van der Waals surface area contributed by atoms with E-state index >= 15 is 0 Å². The van der Waals surface area contributed by atoms with Crippen molar-refractivity contribution in [2.24, 2.45) is 0 Å². The molecule has 0 aliphatic carbocycles. The number of carbonyl (C=O) groups is 1. The Labute approximate surface area is 156 Å². The third-order valence-electron chi connectivity index (χ3n) is 3.82. The molecule has 3 aromatic rings. The predicted molar refractivity (Wildman–Crippen MR) is 106 cm³/mol. The van der Waals surface area contributed by atoms with Gasteiger partial charge >= 0.3 is 0 Å². The van der Waals surface area contributed by atoms with Crippen molar-refractivity contribution in [1.29, 1.82) is 0 Å². The summed E-state index contributed by atoms with van der Waals surface area (Å²) in [6.07, 6.45) is 0. The average Bonchev–Trinajstić information content (AvgIpc) is 3.09. The van der Waals surface area contributed by atoms with Crippen molar-refractivity contribution in [3.63, 3.8) is 0 Å². The predicted octanol–water partition coefficient (Wildman–Crippen LogP) is 5.04. The van der Waals surface area contributed by atoms with Crippen LogP contribution in [0.15, 0.2) is 64.3 Å². The van der Waals surface area contributed by atoms with Crippen molar-refractivity contribution in [3.8, 4) is 11.3 Å². The second-order valence-corrected chi connectivity index (χ2v) is 8.22. The molecular weight excluding hydrogens is 348 g/mol. The molecule has 1 amide bonds. The molecule has 1 atom stereocenters. The van der Waals surface area contributed by atoms with E-state index in [1.54, 1.807) is 30.3 Å². The Morgan fingerprint density at radius 1 is 1.08 bits per heavy atom. The number of amides is 1. The third kappa shape index (κ3) is 4.30. The number of thioether (sulfide) groups is 1. The van der Waals surface area contributed by atoms with Gasteiger partial charge in [0, 0.05) is 25.0 Å². The molecule has 0 N–H and O–H groups in total. The van der Waals surface area contributed by atoms with Crippen molar-refractivity contribution < 1.29 is 4.79 Å². The second kappa shape index (κ2) is 7.85. The number of thiazole rings is 1. The molecule has 3 nitrogen and oxygen atoms in total. The lowest BCUT2D eigenvalue weighted by atomic mass is 10.1. The number of benzene rings is 2. The average molecular weight is 369 g/mol. The largest absolute Gasteiger partial charge is 0.348 e. The van der Waals surface area contributed by atoms with Gasteiger partial charge < -0.3 is 4.90 Å². The van der Waals surface area contributed by atoms with Gasteiger partial charge in [0.2, 0.25) is 5.91 Å². The van der Waals surface area contributed by atoms with Gasteiger partial charge in [-0.25, -0.2) is 4.98 Å². The summed E-state index contributed by atoms with van der Waals surface area (Å²) in [5.41, 5.74) is 4.29. The minimum absolute atomic E-state index is 0.0725. The van der Waals surface area contributed by atoms with Crippen LogP contribution in [-0.2, 0) is 4.79 Å². The summed E-state index contributed by atoms with van der Waals surface area (Å²) in [7, 11) is 3.58. The molecule has 1 heterocycles. The van der Waals surface area contributed by atoms with Crippen LogP contribution in [0.5, 0.6) is 0 Å². The maximum atomic E-state index is 12.6. The van der Waals surface area contributed by atoms with Gasteiger partial charge in [0.1, 0.15) is 5.25 Å². The summed E-state index contributed by atoms with van der Waals surface area (Å²) in [6, 6.07) is 18.2. The van der Waals surface area contributed by atoms with Crippen molar-refractivity contribution >= 4 is 29.0 Å². The highest BCUT2D eigenvalue weighted by Gasteiger charge is 2.24. The van der Waals surface area contributed by atoms with E-state index in [9.17, 15) is 4.79 Å². The Morgan fingerprint density at radius 2 is 1.76 bits per heavy atom. The number of hydrogen-bond acceptors (Lipinski definition) is 4. The van der Waals surface area contributed by atoms with E-state index in [-0.39, 0.29) is 11.2 Å². The maximum absolute atomic E-state index is 12.6. The molecule has 0 saturated carbocycles. The zero-order chi connectivity index (χ0) is 17.8. The molecule has 0 radical (unpaired) electrons. The first-order valence-electron chi connectivity index (χ1n) is 8.00. The Kier molecular flexibility index (Phi) is 5.56. The van der Waals surface area contributed by atoms with Crippen molar-refractivity contribution in [3.05, 3.63) is 71.1 Å². The molecule has 0 aliphatic heterocycles. The fourth-order valence-electron chi connectivity index (χ4n) is 2.39. The van der Waals surface area contributed by atoms with Gasteiger partial charge in [-0.2, -0.15) is 0 Å². The van der Waals surface area contributed by atoms with Crippen LogP contribution in [0, 0.1) is 6.92 Å². The number of aromatic nitrogens is 1. The third-order valence-corrected chi connectivity index (χ3v) is 6.03. The standard InChI is InChI=1S/C20H20N2OS2/c1-14-9-11-15(12-10-14)17-13-24-20(21-17)25-18(19(23)22(2)3)16-7-5-4-6-8-16/h4-13,18H,1-3H3/t18-/m1/s1. The Balaban J connectivity index is 1.85. The van der Waals surface area contributed by atoms with E-state index in [1.807, 2.05) is 30.3 Å². The first-order valence-corrected chi connectivity index (χ1v) is 9.76. The highest BCUT2D eigenvalue weighted by atomic mass is 32.2. The molecule has 5 heteroatoms. The van der Waals surface area contributed by atoms with Crippen LogP contribution < -0.4 is 0 Å². The summed E-state index contributed by atoms with van der Waals surface area (Å²) in [5.74, 6) is 0.0725. The Bertz CT molecular complexity index is 842. The number of nitrogens with zero attached hydrogens (tertiary/aromatic N) is 2. The summed E-state index contributed by atoms with van der Waals surface area (Å²) in [6.45, 7) is 2.07. The van der Waals surface area contributed by atoms with Crippen molar-refractivity contribution in [2.45, 2.75) is 16.5 Å². The van der Waals surface area contributed by atoms with Crippen LogP contribution in [0.2, 0.25) is 0 Å². The van der Waals surface area contributed by atoms with E-state index in [4.69, 9.17) is 4.98 Å². The van der Waals surface area contributed by atoms with E-state index in [0.29, 0.717) is 0 Å². The molecule has 3 rings (SSSR count). The number of rotatable bonds is 5. The van der Waals surface area contributed by atoms with Crippen LogP contribution in [0.3, 0.4) is 0 Å². The molecule has 0 spiro atoms. The SMILES string of the molecule is Cc1ccc(-c2csc(S[C@@H](C(=O)N(C)C)c3ccccc3)n2)cc1. The number of likely N-dealkylation sites (N-methyl/N-ethyl adjacent to an activating group) is 1. The zero-order valence-electron chi connectivity index (χ0n) is 14.5. The second-order valence-electron chi connectivity index (χ2n) is 6.01. The fraction of sp³-hybridized carbons (Fsp3) is 0.200. The molecular formula is C20H20N2OS2. The maximum Gasteiger partial charge on any atom is 0.240 e. The van der Waals surface area contributed by atoms with Gasteiger partial charge in [0.05, 0.1) is 5.69 Å². The smallest absolute Gasteiger partial charge is 0.240 e. The molecule has 0 bridgehead atoms. The van der Waals surface area contributed by atoms with Gasteiger partial charge in [-0.05, 0) is 12.5 Å². The number of aryl methyl sites for hydroxylation is 1. The summed E-state index contributed by atoms with van der Waals surface area (Å²) in [5, 5.41) is 1.77.